The van der Waals surface area contributed by atoms with Crippen molar-refractivity contribution in [1.82, 2.24) is 14.7 Å². The highest BCUT2D eigenvalue weighted by molar-refractivity contribution is 7.13. The van der Waals surface area contributed by atoms with Gasteiger partial charge in [-0.05, 0) is 38.0 Å². The van der Waals surface area contributed by atoms with E-state index in [9.17, 15) is 9.59 Å². The second-order valence-electron chi connectivity index (χ2n) is 5.25. The molecule has 1 amide bonds. The van der Waals surface area contributed by atoms with Crippen LogP contribution in [0.5, 0.6) is 0 Å². The largest absolute Gasteiger partial charge is 0.333 e. The van der Waals surface area contributed by atoms with Gasteiger partial charge in [0, 0.05) is 23.7 Å². The number of rotatable bonds is 3. The van der Waals surface area contributed by atoms with E-state index in [1.54, 1.807) is 12.3 Å². The van der Waals surface area contributed by atoms with Gasteiger partial charge < -0.3 is 4.90 Å². The summed E-state index contributed by atoms with van der Waals surface area (Å²) in [6.07, 6.45) is 3.49. The molecule has 0 spiro atoms. The number of carbonyl (C=O) groups excluding carboxylic acids is 1. The maximum Gasteiger partial charge on any atom is 0.266 e. The lowest BCUT2D eigenvalue weighted by Crippen LogP contribution is -2.40. The van der Waals surface area contributed by atoms with E-state index < -0.39 is 0 Å². The number of thiophene rings is 1. The number of likely N-dealkylation sites (tertiary alicyclic amines) is 1. The van der Waals surface area contributed by atoms with Gasteiger partial charge in [-0.2, -0.15) is 5.10 Å². The summed E-state index contributed by atoms with van der Waals surface area (Å²) >= 11 is 1.52. The number of amides is 1. The van der Waals surface area contributed by atoms with E-state index in [4.69, 9.17) is 0 Å². The molecule has 1 aliphatic rings. The molecule has 1 unspecified atom stereocenters. The molecule has 2 aromatic heterocycles. The van der Waals surface area contributed by atoms with Crippen molar-refractivity contribution in [3.8, 4) is 0 Å². The molecular formula is C15H17N3O2S. The summed E-state index contributed by atoms with van der Waals surface area (Å²) in [5.41, 5.74) is -0.122. The molecular weight excluding hydrogens is 286 g/mol. The van der Waals surface area contributed by atoms with Crippen molar-refractivity contribution in [2.45, 2.75) is 32.4 Å². The molecule has 5 nitrogen and oxygen atoms in total. The number of aromatic nitrogens is 2. The molecule has 110 valence electrons. The summed E-state index contributed by atoms with van der Waals surface area (Å²) in [6, 6.07) is 7.02. The van der Waals surface area contributed by atoms with Crippen LogP contribution < -0.4 is 5.56 Å². The van der Waals surface area contributed by atoms with Gasteiger partial charge in [0.05, 0.1) is 17.5 Å². The monoisotopic (exact) mass is 303 g/mol. The van der Waals surface area contributed by atoms with Crippen LogP contribution in [0.4, 0.5) is 0 Å². The van der Waals surface area contributed by atoms with Crippen LogP contribution in [0.3, 0.4) is 0 Å². The minimum absolute atomic E-state index is 0.0486. The second-order valence-corrected chi connectivity index (χ2v) is 6.54. The summed E-state index contributed by atoms with van der Waals surface area (Å²) in [4.78, 5) is 28.1. The molecule has 0 aromatic carbocycles. The molecule has 2 aromatic rings. The third kappa shape index (κ3) is 2.90. The Hall–Kier alpha value is -1.95. The first-order valence-electron chi connectivity index (χ1n) is 7.05. The van der Waals surface area contributed by atoms with Crippen molar-refractivity contribution < 1.29 is 4.79 Å². The number of hydrogen-bond donors (Lipinski definition) is 0. The minimum Gasteiger partial charge on any atom is -0.333 e. The Morgan fingerprint density at radius 2 is 2.29 bits per heavy atom. The molecule has 1 atom stereocenters. The Labute approximate surface area is 126 Å². The third-order valence-electron chi connectivity index (χ3n) is 3.76. The number of carbonyl (C=O) groups is 1. The van der Waals surface area contributed by atoms with Crippen LogP contribution in [0, 0.1) is 6.92 Å². The van der Waals surface area contributed by atoms with Gasteiger partial charge in [0.15, 0.2) is 0 Å². The van der Waals surface area contributed by atoms with Crippen molar-refractivity contribution in [2.75, 3.05) is 6.54 Å². The maximum absolute atomic E-state index is 12.6. The number of aryl methyl sites for hydroxylation is 1. The fourth-order valence-corrected chi connectivity index (χ4v) is 3.53. The van der Waals surface area contributed by atoms with E-state index in [-0.39, 0.29) is 17.5 Å². The summed E-state index contributed by atoms with van der Waals surface area (Å²) in [7, 11) is 0. The Kier molecular flexibility index (Phi) is 3.88. The van der Waals surface area contributed by atoms with E-state index in [1.165, 1.54) is 22.1 Å². The van der Waals surface area contributed by atoms with Crippen LogP contribution >= 0.6 is 11.3 Å². The van der Waals surface area contributed by atoms with Gasteiger partial charge in [0.25, 0.3) is 11.5 Å². The van der Waals surface area contributed by atoms with Gasteiger partial charge in [-0.1, -0.05) is 0 Å². The van der Waals surface area contributed by atoms with Crippen molar-refractivity contribution >= 4 is 17.2 Å². The van der Waals surface area contributed by atoms with Crippen molar-refractivity contribution in [2.24, 2.45) is 0 Å². The first-order chi connectivity index (χ1) is 10.1. The lowest BCUT2D eigenvalue weighted by atomic mass is 10.2. The fourth-order valence-electron chi connectivity index (χ4n) is 2.71. The first-order valence-corrected chi connectivity index (χ1v) is 7.86. The second kappa shape index (κ2) is 5.81. The SMILES string of the molecule is Cc1ccc(C(=O)N2CCCC2Cn2ncccc2=O)s1. The fraction of sp³-hybridized carbons (Fsp3) is 0.400. The molecule has 21 heavy (non-hydrogen) atoms. The van der Waals surface area contributed by atoms with E-state index >= 15 is 0 Å². The van der Waals surface area contributed by atoms with E-state index in [2.05, 4.69) is 5.10 Å². The predicted octanol–water partition coefficient (Wildman–Crippen LogP) is 1.92. The molecule has 0 bridgehead atoms. The van der Waals surface area contributed by atoms with Gasteiger partial charge >= 0.3 is 0 Å². The van der Waals surface area contributed by atoms with Crippen LogP contribution in [0.25, 0.3) is 0 Å². The molecule has 3 rings (SSSR count). The lowest BCUT2D eigenvalue weighted by Gasteiger charge is -2.24. The first kappa shape index (κ1) is 14.0. The van der Waals surface area contributed by atoms with E-state index in [0.29, 0.717) is 6.54 Å². The smallest absolute Gasteiger partial charge is 0.266 e. The molecule has 0 radical (unpaired) electrons. The van der Waals surface area contributed by atoms with Crippen molar-refractivity contribution in [3.63, 3.8) is 0 Å². The lowest BCUT2D eigenvalue weighted by molar-refractivity contribution is 0.0725. The standard InChI is InChI=1S/C15H17N3O2S/c1-11-6-7-13(21-11)15(20)17-9-3-4-12(17)10-18-14(19)5-2-8-16-18/h2,5-8,12H,3-4,9-10H2,1H3. The zero-order chi connectivity index (χ0) is 14.8. The summed E-state index contributed by atoms with van der Waals surface area (Å²) in [5.74, 6) is 0.0691. The van der Waals surface area contributed by atoms with Crippen LogP contribution in [-0.2, 0) is 6.54 Å². The zero-order valence-corrected chi connectivity index (χ0v) is 12.7. The summed E-state index contributed by atoms with van der Waals surface area (Å²) < 4.78 is 1.44. The molecule has 0 N–H and O–H groups in total. The van der Waals surface area contributed by atoms with Crippen molar-refractivity contribution in [3.05, 3.63) is 50.6 Å². The molecule has 0 saturated carbocycles. The molecule has 1 fully saturated rings. The van der Waals surface area contributed by atoms with Crippen LogP contribution in [-0.4, -0.2) is 33.2 Å². The van der Waals surface area contributed by atoms with Gasteiger partial charge in [0.1, 0.15) is 0 Å². The maximum atomic E-state index is 12.6. The minimum atomic E-state index is -0.122. The Morgan fingerprint density at radius 3 is 3.00 bits per heavy atom. The summed E-state index contributed by atoms with van der Waals surface area (Å²) in [6.45, 7) is 3.22. The van der Waals surface area contributed by atoms with Gasteiger partial charge in [-0.15, -0.1) is 11.3 Å². The average Bonchev–Trinajstić information content (AvgIpc) is 3.10. The van der Waals surface area contributed by atoms with Gasteiger partial charge in [-0.3, -0.25) is 9.59 Å². The van der Waals surface area contributed by atoms with Crippen LogP contribution in [0.15, 0.2) is 35.3 Å². The van der Waals surface area contributed by atoms with E-state index in [0.717, 1.165) is 29.1 Å². The van der Waals surface area contributed by atoms with E-state index in [1.807, 2.05) is 24.0 Å². The highest BCUT2D eigenvalue weighted by atomic mass is 32.1. The summed E-state index contributed by atoms with van der Waals surface area (Å²) in [5, 5.41) is 4.08. The van der Waals surface area contributed by atoms with Crippen molar-refractivity contribution in [1.29, 1.82) is 0 Å². The van der Waals surface area contributed by atoms with Crippen LogP contribution in [0.1, 0.15) is 27.4 Å². The van der Waals surface area contributed by atoms with Gasteiger partial charge in [-0.25, -0.2) is 4.68 Å². The number of nitrogens with zero attached hydrogens (tertiary/aromatic N) is 3. The molecule has 3 heterocycles. The average molecular weight is 303 g/mol. The zero-order valence-electron chi connectivity index (χ0n) is 11.9. The normalized spacial score (nSPS) is 18.1. The molecule has 1 aliphatic heterocycles. The molecule has 0 aliphatic carbocycles. The quantitative estimate of drug-likeness (QED) is 0.870. The third-order valence-corrected chi connectivity index (χ3v) is 4.75. The predicted molar refractivity (Wildman–Crippen MR) is 81.6 cm³/mol. The Balaban J connectivity index is 1.78. The van der Waals surface area contributed by atoms with Gasteiger partial charge in [0.2, 0.25) is 0 Å². The number of hydrogen-bond acceptors (Lipinski definition) is 4. The highest BCUT2D eigenvalue weighted by Gasteiger charge is 2.30. The molecule has 6 heteroatoms. The van der Waals surface area contributed by atoms with Crippen LogP contribution in [0.2, 0.25) is 0 Å². The topological polar surface area (TPSA) is 55.2 Å². The Bertz CT molecular complexity index is 707. The highest BCUT2D eigenvalue weighted by Crippen LogP contribution is 2.24. The molecule has 1 saturated heterocycles. The Morgan fingerprint density at radius 1 is 1.43 bits per heavy atom.